The Bertz CT molecular complexity index is 753. The Morgan fingerprint density at radius 2 is 2.00 bits per heavy atom. The van der Waals surface area contributed by atoms with E-state index in [0.717, 1.165) is 10.0 Å². The lowest BCUT2D eigenvalue weighted by Gasteiger charge is -2.13. The summed E-state index contributed by atoms with van der Waals surface area (Å²) < 4.78 is 2.13. The SMILES string of the molecule is OC(Cc1csc2ccccc12)c1cc(Cl)ccc1Br. The van der Waals surface area contributed by atoms with Crippen LogP contribution >= 0.6 is 38.9 Å². The number of benzene rings is 2. The molecule has 3 rings (SSSR count). The molecular formula is C16H12BrClOS. The highest BCUT2D eigenvalue weighted by Crippen LogP contribution is 2.32. The highest BCUT2D eigenvalue weighted by atomic mass is 79.9. The van der Waals surface area contributed by atoms with Crippen molar-refractivity contribution in [3.8, 4) is 0 Å². The van der Waals surface area contributed by atoms with E-state index in [1.54, 1.807) is 11.3 Å². The van der Waals surface area contributed by atoms with Crippen molar-refractivity contribution in [1.82, 2.24) is 0 Å². The van der Waals surface area contributed by atoms with Gasteiger partial charge in [-0.15, -0.1) is 11.3 Å². The summed E-state index contributed by atoms with van der Waals surface area (Å²) in [6.07, 6.45) is 0.0178. The molecule has 0 saturated carbocycles. The molecule has 102 valence electrons. The minimum Gasteiger partial charge on any atom is -0.388 e. The Balaban J connectivity index is 1.92. The van der Waals surface area contributed by atoms with E-state index < -0.39 is 6.10 Å². The summed E-state index contributed by atoms with van der Waals surface area (Å²) in [7, 11) is 0. The minimum atomic E-state index is -0.568. The number of halogens is 2. The molecule has 1 nitrogen and oxygen atoms in total. The van der Waals surface area contributed by atoms with Crippen molar-refractivity contribution < 1.29 is 5.11 Å². The number of fused-ring (bicyclic) bond motifs is 1. The van der Waals surface area contributed by atoms with Gasteiger partial charge in [0.05, 0.1) is 6.10 Å². The van der Waals surface area contributed by atoms with Gasteiger partial charge in [-0.25, -0.2) is 0 Å². The second-order valence-corrected chi connectivity index (χ2v) is 6.84. The fraction of sp³-hybridized carbons (Fsp3) is 0.125. The lowest BCUT2D eigenvalue weighted by Crippen LogP contribution is -2.02. The number of thiophene rings is 1. The lowest BCUT2D eigenvalue weighted by molar-refractivity contribution is 0.178. The smallest absolute Gasteiger partial charge is 0.0842 e. The van der Waals surface area contributed by atoms with Gasteiger partial charge in [-0.3, -0.25) is 0 Å². The van der Waals surface area contributed by atoms with Gasteiger partial charge in [-0.05, 0) is 46.2 Å². The Kier molecular flexibility index (Phi) is 4.13. The molecule has 0 spiro atoms. The van der Waals surface area contributed by atoms with Gasteiger partial charge in [0.1, 0.15) is 0 Å². The van der Waals surface area contributed by atoms with Crippen LogP contribution in [0.15, 0.2) is 52.3 Å². The third-order valence-corrected chi connectivity index (χ3v) is 5.26. The second kappa shape index (κ2) is 5.86. The molecule has 4 heteroatoms. The molecular weight excluding hydrogens is 356 g/mol. The molecule has 1 N–H and O–H groups in total. The van der Waals surface area contributed by atoms with Crippen molar-refractivity contribution in [2.45, 2.75) is 12.5 Å². The summed E-state index contributed by atoms with van der Waals surface area (Å²) in [5.74, 6) is 0. The zero-order chi connectivity index (χ0) is 14.1. The van der Waals surface area contributed by atoms with Crippen molar-refractivity contribution in [3.05, 3.63) is 68.5 Å². The first-order valence-corrected chi connectivity index (χ1v) is 8.28. The molecule has 3 aromatic rings. The number of hydrogen-bond donors (Lipinski definition) is 1. The normalized spacial score (nSPS) is 12.8. The molecule has 0 bridgehead atoms. The summed E-state index contributed by atoms with van der Waals surface area (Å²) in [6, 6.07) is 13.7. The van der Waals surface area contributed by atoms with Crippen LogP contribution in [0.2, 0.25) is 5.02 Å². The summed E-state index contributed by atoms with van der Waals surface area (Å²) in [6.45, 7) is 0. The maximum absolute atomic E-state index is 10.5. The number of aliphatic hydroxyl groups excluding tert-OH is 1. The maximum atomic E-state index is 10.5. The van der Waals surface area contributed by atoms with Gasteiger partial charge < -0.3 is 5.11 Å². The zero-order valence-corrected chi connectivity index (χ0v) is 13.7. The van der Waals surface area contributed by atoms with Gasteiger partial charge >= 0.3 is 0 Å². The largest absolute Gasteiger partial charge is 0.388 e. The predicted molar refractivity (Wildman–Crippen MR) is 89.6 cm³/mol. The molecule has 0 aliphatic carbocycles. The van der Waals surface area contributed by atoms with E-state index in [-0.39, 0.29) is 0 Å². The second-order valence-electron chi connectivity index (χ2n) is 4.64. The molecule has 20 heavy (non-hydrogen) atoms. The molecule has 1 unspecified atom stereocenters. The Morgan fingerprint density at radius 3 is 2.85 bits per heavy atom. The van der Waals surface area contributed by atoms with Crippen LogP contribution in [0.4, 0.5) is 0 Å². The van der Waals surface area contributed by atoms with Crippen LogP contribution in [0, 0.1) is 0 Å². The summed E-state index contributed by atoms with van der Waals surface area (Å²) in [4.78, 5) is 0. The molecule has 1 atom stereocenters. The number of aliphatic hydroxyl groups is 1. The molecule has 0 fully saturated rings. The third kappa shape index (κ3) is 2.77. The number of rotatable bonds is 3. The molecule has 0 saturated heterocycles. The van der Waals surface area contributed by atoms with Gasteiger partial charge in [0.25, 0.3) is 0 Å². The van der Waals surface area contributed by atoms with Crippen molar-refractivity contribution in [2.75, 3.05) is 0 Å². The van der Waals surface area contributed by atoms with Crippen LogP contribution in [-0.2, 0) is 6.42 Å². The topological polar surface area (TPSA) is 20.2 Å². The van der Waals surface area contributed by atoms with Crippen molar-refractivity contribution in [1.29, 1.82) is 0 Å². The monoisotopic (exact) mass is 366 g/mol. The van der Waals surface area contributed by atoms with Crippen molar-refractivity contribution >= 4 is 49.0 Å². The summed E-state index contributed by atoms with van der Waals surface area (Å²) >= 11 is 11.2. The Morgan fingerprint density at radius 1 is 1.20 bits per heavy atom. The highest BCUT2D eigenvalue weighted by Gasteiger charge is 2.15. The Labute approximate surface area is 135 Å². The van der Waals surface area contributed by atoms with Crippen LogP contribution in [0.5, 0.6) is 0 Å². The standard InChI is InChI=1S/C16H12BrClOS/c17-14-6-5-11(18)8-13(14)15(19)7-10-9-20-16-4-2-1-3-12(10)16/h1-6,8-9,15,19H,7H2. The average Bonchev–Trinajstić information content (AvgIpc) is 2.85. The van der Waals surface area contributed by atoms with Crippen molar-refractivity contribution in [3.63, 3.8) is 0 Å². The van der Waals surface area contributed by atoms with E-state index >= 15 is 0 Å². The Hall–Kier alpha value is -0.870. The van der Waals surface area contributed by atoms with Crippen LogP contribution in [0.3, 0.4) is 0 Å². The van der Waals surface area contributed by atoms with Gasteiger partial charge in [0.15, 0.2) is 0 Å². The quantitative estimate of drug-likeness (QED) is 0.639. The highest BCUT2D eigenvalue weighted by molar-refractivity contribution is 9.10. The fourth-order valence-electron chi connectivity index (χ4n) is 2.28. The van der Waals surface area contributed by atoms with E-state index in [0.29, 0.717) is 11.4 Å². The first kappa shape index (κ1) is 14.1. The third-order valence-electron chi connectivity index (χ3n) is 3.29. The van der Waals surface area contributed by atoms with E-state index in [4.69, 9.17) is 11.6 Å². The van der Waals surface area contributed by atoms with E-state index in [1.807, 2.05) is 30.3 Å². The molecule has 1 heterocycles. The van der Waals surface area contributed by atoms with Gasteiger partial charge in [-0.1, -0.05) is 45.7 Å². The summed E-state index contributed by atoms with van der Waals surface area (Å²) in [5.41, 5.74) is 2.00. The molecule has 0 amide bonds. The van der Waals surface area contributed by atoms with E-state index in [1.165, 1.54) is 15.6 Å². The minimum absolute atomic E-state index is 0.568. The molecule has 0 aliphatic rings. The average molecular weight is 368 g/mol. The summed E-state index contributed by atoms with van der Waals surface area (Å²) in [5, 5.41) is 14.4. The lowest BCUT2D eigenvalue weighted by atomic mass is 10.0. The van der Waals surface area contributed by atoms with E-state index in [9.17, 15) is 5.11 Å². The zero-order valence-electron chi connectivity index (χ0n) is 10.5. The van der Waals surface area contributed by atoms with Gasteiger partial charge in [0, 0.05) is 20.6 Å². The van der Waals surface area contributed by atoms with Crippen molar-refractivity contribution in [2.24, 2.45) is 0 Å². The molecule has 0 aliphatic heterocycles. The van der Waals surface area contributed by atoms with Gasteiger partial charge in [-0.2, -0.15) is 0 Å². The van der Waals surface area contributed by atoms with Crippen LogP contribution < -0.4 is 0 Å². The van der Waals surface area contributed by atoms with Crippen LogP contribution in [0.1, 0.15) is 17.2 Å². The van der Waals surface area contributed by atoms with Crippen LogP contribution in [0.25, 0.3) is 10.1 Å². The molecule has 2 aromatic carbocycles. The fourth-order valence-corrected chi connectivity index (χ4v) is 3.95. The van der Waals surface area contributed by atoms with E-state index in [2.05, 4.69) is 33.4 Å². The first-order chi connectivity index (χ1) is 9.65. The van der Waals surface area contributed by atoms with Crippen LogP contribution in [-0.4, -0.2) is 5.11 Å². The van der Waals surface area contributed by atoms with Gasteiger partial charge in [0.2, 0.25) is 0 Å². The first-order valence-electron chi connectivity index (χ1n) is 6.23. The molecule has 1 aromatic heterocycles. The molecule has 0 radical (unpaired) electrons. The predicted octanol–water partition coefficient (Wildman–Crippen LogP) is 5.59. The maximum Gasteiger partial charge on any atom is 0.0842 e. The number of hydrogen-bond acceptors (Lipinski definition) is 2.